The Morgan fingerprint density at radius 2 is 2.00 bits per heavy atom. The molecule has 3 heteroatoms. The van der Waals surface area contributed by atoms with Gasteiger partial charge in [-0.2, -0.15) is 0 Å². The van der Waals surface area contributed by atoms with E-state index in [1.807, 2.05) is 18.2 Å². The maximum atomic E-state index is 11.0. The van der Waals surface area contributed by atoms with E-state index >= 15 is 0 Å². The van der Waals surface area contributed by atoms with Crippen LogP contribution in [0.5, 0.6) is 0 Å². The van der Waals surface area contributed by atoms with E-state index in [4.69, 9.17) is 4.42 Å². The quantitative estimate of drug-likeness (QED) is 0.484. The fraction of sp³-hybridized carbons (Fsp3) is 0. The van der Waals surface area contributed by atoms with E-state index in [9.17, 15) is 4.79 Å². The Morgan fingerprint density at radius 3 is 2.83 bits per heavy atom. The second-order valence-electron chi connectivity index (χ2n) is 2.44. The molecular weight excluding hydrogens is 219 g/mol. The van der Waals surface area contributed by atoms with Gasteiger partial charge >= 0.3 is 76.6 Å². The van der Waals surface area contributed by atoms with Crippen molar-refractivity contribution in [2.24, 2.45) is 0 Å². The topological polar surface area (TPSA) is 30.2 Å². The van der Waals surface area contributed by atoms with Gasteiger partial charge in [-0.15, -0.1) is 0 Å². The molecule has 0 aliphatic carbocycles. The molecule has 2 nitrogen and oxygen atoms in total. The van der Waals surface area contributed by atoms with Crippen LogP contribution in [0.25, 0.3) is 11.0 Å². The molecule has 1 aromatic heterocycles. The third-order valence-electron chi connectivity index (χ3n) is 1.61. The summed E-state index contributed by atoms with van der Waals surface area (Å²) in [4.78, 5) is 11.0. The molecular formula is C9H5O2Se. The van der Waals surface area contributed by atoms with Gasteiger partial charge in [-0.25, -0.2) is 0 Å². The average molecular weight is 224 g/mol. The van der Waals surface area contributed by atoms with Crippen LogP contribution < -0.4 is 10.1 Å². The van der Waals surface area contributed by atoms with Gasteiger partial charge in [-0.1, -0.05) is 0 Å². The van der Waals surface area contributed by atoms with E-state index in [1.165, 1.54) is 0 Å². The van der Waals surface area contributed by atoms with Gasteiger partial charge in [-0.3, -0.25) is 0 Å². The molecule has 1 aromatic carbocycles. The predicted molar refractivity (Wildman–Crippen MR) is 47.9 cm³/mol. The van der Waals surface area contributed by atoms with Gasteiger partial charge in [0.2, 0.25) is 0 Å². The molecule has 2 aromatic rings. The molecule has 2 rings (SSSR count). The van der Waals surface area contributed by atoms with Crippen molar-refractivity contribution in [1.82, 2.24) is 0 Å². The van der Waals surface area contributed by atoms with Crippen molar-refractivity contribution < 1.29 is 4.42 Å². The van der Waals surface area contributed by atoms with E-state index < -0.39 is 0 Å². The third-order valence-corrected chi connectivity index (χ3v) is 2.21. The maximum absolute atomic E-state index is 11.0. The molecule has 0 amide bonds. The van der Waals surface area contributed by atoms with Gasteiger partial charge in [-0.05, 0) is 0 Å². The summed E-state index contributed by atoms with van der Waals surface area (Å²) in [6.45, 7) is 0. The Morgan fingerprint density at radius 1 is 1.25 bits per heavy atom. The fourth-order valence-corrected chi connectivity index (χ4v) is 1.40. The molecule has 0 N–H and O–H groups in total. The van der Waals surface area contributed by atoms with Gasteiger partial charge < -0.3 is 0 Å². The molecule has 0 saturated heterocycles. The summed E-state index contributed by atoms with van der Waals surface area (Å²) >= 11 is 2.66. The second kappa shape index (κ2) is 2.77. The zero-order valence-electron chi connectivity index (χ0n) is 6.11. The first-order valence-corrected chi connectivity index (χ1v) is 4.33. The van der Waals surface area contributed by atoms with Crippen molar-refractivity contribution in [3.63, 3.8) is 0 Å². The number of hydrogen-bond donors (Lipinski definition) is 0. The van der Waals surface area contributed by atoms with Crippen molar-refractivity contribution >= 4 is 31.4 Å². The minimum atomic E-state index is -0.311. The zero-order chi connectivity index (χ0) is 8.55. The van der Waals surface area contributed by atoms with Crippen molar-refractivity contribution in [2.45, 2.75) is 0 Å². The van der Waals surface area contributed by atoms with E-state index in [1.54, 1.807) is 12.1 Å². The van der Waals surface area contributed by atoms with Crippen LogP contribution in [0, 0.1) is 0 Å². The fourth-order valence-electron chi connectivity index (χ4n) is 1.04. The van der Waals surface area contributed by atoms with Gasteiger partial charge in [0, 0.05) is 0 Å². The van der Waals surface area contributed by atoms with Crippen LogP contribution in [-0.4, -0.2) is 16.0 Å². The first-order chi connectivity index (χ1) is 5.77. The van der Waals surface area contributed by atoms with Gasteiger partial charge in [0.25, 0.3) is 0 Å². The van der Waals surface area contributed by atoms with Gasteiger partial charge in [0.15, 0.2) is 0 Å². The second-order valence-corrected chi connectivity index (χ2v) is 3.36. The van der Waals surface area contributed by atoms with Crippen molar-refractivity contribution in [2.75, 3.05) is 0 Å². The Bertz CT molecular complexity index is 473. The normalized spacial score (nSPS) is 10.3. The average Bonchev–Trinajstić information content (AvgIpc) is 2.07. The number of fused-ring (bicyclic) bond motifs is 1. The molecule has 0 bridgehead atoms. The molecule has 12 heavy (non-hydrogen) atoms. The van der Waals surface area contributed by atoms with Gasteiger partial charge in [0.05, 0.1) is 0 Å². The summed E-state index contributed by atoms with van der Waals surface area (Å²) in [7, 11) is 0. The Kier molecular flexibility index (Phi) is 1.75. The van der Waals surface area contributed by atoms with Crippen LogP contribution in [0.4, 0.5) is 0 Å². The molecule has 0 aliphatic rings. The molecule has 0 unspecified atom stereocenters. The molecule has 0 fully saturated rings. The van der Waals surface area contributed by atoms with Gasteiger partial charge in [0.1, 0.15) is 0 Å². The molecule has 0 spiro atoms. The first kappa shape index (κ1) is 7.59. The molecule has 0 saturated carbocycles. The van der Waals surface area contributed by atoms with Crippen molar-refractivity contribution in [3.05, 3.63) is 40.8 Å². The van der Waals surface area contributed by atoms with E-state index in [2.05, 4.69) is 16.0 Å². The standard InChI is InChI=1S/C9H5O2Se/c10-9-8(12)5-6-3-1-2-4-7(6)11-9/h1-5H. The summed E-state index contributed by atoms with van der Waals surface area (Å²) < 4.78 is 5.53. The molecule has 0 atom stereocenters. The van der Waals surface area contributed by atoms with Crippen LogP contribution in [0.15, 0.2) is 39.5 Å². The van der Waals surface area contributed by atoms with Crippen LogP contribution in [0.3, 0.4) is 0 Å². The number of rotatable bonds is 0. The molecule has 59 valence electrons. The third kappa shape index (κ3) is 1.17. The van der Waals surface area contributed by atoms with Crippen molar-refractivity contribution in [3.8, 4) is 0 Å². The Hall–Kier alpha value is -1.05. The molecule has 1 heterocycles. The van der Waals surface area contributed by atoms with Crippen molar-refractivity contribution in [1.29, 1.82) is 0 Å². The number of hydrogen-bond acceptors (Lipinski definition) is 2. The monoisotopic (exact) mass is 225 g/mol. The molecule has 0 aliphatic heterocycles. The summed E-state index contributed by atoms with van der Waals surface area (Å²) in [6, 6.07) is 9.20. The summed E-state index contributed by atoms with van der Waals surface area (Å²) in [5, 5.41) is 0.936. The van der Waals surface area contributed by atoms with Crippen LogP contribution in [-0.2, 0) is 0 Å². The van der Waals surface area contributed by atoms with E-state index in [-0.39, 0.29) is 5.63 Å². The Balaban J connectivity index is 2.93. The Labute approximate surface area is 77.0 Å². The SMILES string of the molecule is O=c1oc2ccccc2cc1[Se]. The predicted octanol–water partition coefficient (Wildman–Crippen LogP) is 0.587. The molecule has 1 radical (unpaired) electrons. The van der Waals surface area contributed by atoms with Crippen LogP contribution in [0.2, 0.25) is 0 Å². The summed E-state index contributed by atoms with van der Waals surface area (Å²) in [5.41, 5.74) is 0.315. The zero-order valence-corrected chi connectivity index (χ0v) is 7.82. The van der Waals surface area contributed by atoms with Crippen LogP contribution >= 0.6 is 0 Å². The summed E-state index contributed by atoms with van der Waals surface area (Å²) in [6.07, 6.45) is 0. The first-order valence-electron chi connectivity index (χ1n) is 3.47. The number of para-hydroxylation sites is 1. The minimum absolute atomic E-state index is 0.311. The summed E-state index contributed by atoms with van der Waals surface area (Å²) in [5.74, 6) is 0. The van der Waals surface area contributed by atoms with E-state index in [0.717, 1.165) is 5.39 Å². The number of benzene rings is 1. The van der Waals surface area contributed by atoms with Crippen LogP contribution in [0.1, 0.15) is 0 Å². The van der Waals surface area contributed by atoms with E-state index in [0.29, 0.717) is 10.0 Å².